The van der Waals surface area contributed by atoms with Crippen LogP contribution in [0, 0.1) is 5.92 Å². The first-order valence-electron chi connectivity index (χ1n) is 9.74. The number of hydrogen-bond acceptors (Lipinski definition) is 5. The topological polar surface area (TPSA) is 97.4 Å². The maximum absolute atomic E-state index is 12.6. The number of thiocarbonyl (C=S) groups is 1. The molecule has 160 valence electrons. The second kappa shape index (κ2) is 8.82. The molecule has 1 atom stereocenters. The fraction of sp³-hybridized carbons (Fsp3) is 0.227. The van der Waals surface area contributed by atoms with Crippen LogP contribution in [-0.4, -0.2) is 16.9 Å². The van der Waals surface area contributed by atoms with Crippen LogP contribution in [0.2, 0.25) is 5.02 Å². The molecule has 9 heteroatoms. The molecule has 6 nitrogen and oxygen atoms in total. The molecule has 31 heavy (non-hydrogen) atoms. The van der Waals surface area contributed by atoms with Gasteiger partial charge in [-0.3, -0.25) is 14.9 Å². The lowest BCUT2D eigenvalue weighted by molar-refractivity contribution is 0.0950. The number of nitrogens with one attached hydrogen (secondary N) is 2. The zero-order valence-corrected chi connectivity index (χ0v) is 19.0. The molecule has 0 bridgehead atoms. The van der Waals surface area contributed by atoms with Gasteiger partial charge >= 0.3 is 0 Å². The summed E-state index contributed by atoms with van der Waals surface area (Å²) in [4.78, 5) is 25.8. The Kier molecular flexibility index (Phi) is 6.13. The molecule has 4 rings (SSSR count). The average Bonchev–Trinajstić information content (AvgIpc) is 3.32. The van der Waals surface area contributed by atoms with Gasteiger partial charge in [0.05, 0.1) is 5.56 Å². The number of nitrogens with two attached hydrogens (primary N) is 1. The minimum absolute atomic E-state index is 0.0693. The average molecular weight is 474 g/mol. The van der Waals surface area contributed by atoms with Crippen molar-refractivity contribution in [2.45, 2.75) is 26.2 Å². The van der Waals surface area contributed by atoms with Gasteiger partial charge < -0.3 is 15.5 Å². The van der Waals surface area contributed by atoms with E-state index in [9.17, 15) is 9.59 Å². The molecular weight excluding hydrogens is 454 g/mol. The lowest BCUT2D eigenvalue weighted by Gasteiger charge is -2.18. The van der Waals surface area contributed by atoms with Crippen LogP contribution in [-0.2, 0) is 12.8 Å². The van der Waals surface area contributed by atoms with E-state index in [0.717, 1.165) is 35.3 Å². The van der Waals surface area contributed by atoms with E-state index >= 15 is 0 Å². The highest BCUT2D eigenvalue weighted by Crippen LogP contribution is 2.39. The Labute approximate surface area is 193 Å². The van der Waals surface area contributed by atoms with Crippen LogP contribution in [0.3, 0.4) is 0 Å². The number of anilines is 1. The molecule has 0 aliphatic heterocycles. The van der Waals surface area contributed by atoms with E-state index in [2.05, 4.69) is 17.6 Å². The van der Waals surface area contributed by atoms with Gasteiger partial charge in [0.15, 0.2) is 10.9 Å². The van der Waals surface area contributed by atoms with Crippen LogP contribution < -0.4 is 16.4 Å². The Balaban J connectivity index is 1.47. The van der Waals surface area contributed by atoms with E-state index in [-0.39, 0.29) is 10.9 Å². The number of halogens is 1. The molecule has 0 saturated carbocycles. The van der Waals surface area contributed by atoms with Crippen molar-refractivity contribution in [2.24, 2.45) is 11.7 Å². The quantitative estimate of drug-likeness (QED) is 0.462. The maximum Gasteiger partial charge on any atom is 0.293 e. The molecule has 2 heterocycles. The van der Waals surface area contributed by atoms with Gasteiger partial charge in [-0.15, -0.1) is 11.3 Å². The maximum atomic E-state index is 12.6. The zero-order chi connectivity index (χ0) is 22.1. The SMILES string of the molecule is C[C@H]1CCc2c(sc(NC(=S)NC(=O)c3ccc(-c4cccc(Cl)c4)o3)c2C(N)=O)C1. The highest BCUT2D eigenvalue weighted by Gasteiger charge is 2.27. The van der Waals surface area contributed by atoms with Crippen molar-refractivity contribution >= 4 is 57.1 Å². The molecule has 0 unspecified atom stereocenters. The van der Waals surface area contributed by atoms with Gasteiger partial charge in [-0.25, -0.2) is 0 Å². The largest absolute Gasteiger partial charge is 0.451 e. The van der Waals surface area contributed by atoms with E-state index in [1.807, 2.05) is 6.07 Å². The van der Waals surface area contributed by atoms with E-state index in [1.54, 1.807) is 30.3 Å². The molecule has 0 spiro atoms. The van der Waals surface area contributed by atoms with E-state index in [1.165, 1.54) is 11.3 Å². The van der Waals surface area contributed by atoms with Crippen LogP contribution in [0.25, 0.3) is 11.3 Å². The second-order valence-corrected chi connectivity index (χ2v) is 9.45. The molecular formula is C22H20ClN3O3S2. The molecule has 2 aromatic heterocycles. The van der Waals surface area contributed by atoms with Gasteiger partial charge in [0.25, 0.3) is 11.8 Å². The summed E-state index contributed by atoms with van der Waals surface area (Å²) in [7, 11) is 0. The minimum atomic E-state index is -0.499. The summed E-state index contributed by atoms with van der Waals surface area (Å²) in [6.07, 6.45) is 2.72. The summed E-state index contributed by atoms with van der Waals surface area (Å²) in [6, 6.07) is 10.4. The van der Waals surface area contributed by atoms with Crippen molar-refractivity contribution in [3.8, 4) is 11.3 Å². The van der Waals surface area contributed by atoms with Crippen LogP contribution in [0.15, 0.2) is 40.8 Å². The fourth-order valence-electron chi connectivity index (χ4n) is 3.66. The van der Waals surface area contributed by atoms with Crippen molar-refractivity contribution in [3.05, 3.63) is 63.2 Å². The molecule has 0 fully saturated rings. The van der Waals surface area contributed by atoms with Crippen LogP contribution in [0.1, 0.15) is 44.7 Å². The third-order valence-electron chi connectivity index (χ3n) is 5.15. The summed E-state index contributed by atoms with van der Waals surface area (Å²) < 4.78 is 5.65. The Hall–Kier alpha value is -2.68. The van der Waals surface area contributed by atoms with Gasteiger partial charge in [-0.2, -0.15) is 0 Å². The molecule has 2 amide bonds. The number of carbonyl (C=O) groups is 2. The number of thiophene rings is 1. The van der Waals surface area contributed by atoms with Crippen molar-refractivity contribution in [1.82, 2.24) is 5.32 Å². The van der Waals surface area contributed by atoms with E-state index in [0.29, 0.717) is 27.3 Å². The van der Waals surface area contributed by atoms with Crippen molar-refractivity contribution in [2.75, 3.05) is 5.32 Å². The minimum Gasteiger partial charge on any atom is -0.451 e. The Morgan fingerprint density at radius 2 is 2.10 bits per heavy atom. The number of rotatable bonds is 4. The van der Waals surface area contributed by atoms with Crippen molar-refractivity contribution in [1.29, 1.82) is 0 Å². The van der Waals surface area contributed by atoms with Gasteiger partial charge in [-0.05, 0) is 67.2 Å². The number of fused-ring (bicyclic) bond motifs is 1. The van der Waals surface area contributed by atoms with Crippen LogP contribution in [0.5, 0.6) is 0 Å². The number of benzene rings is 1. The Morgan fingerprint density at radius 1 is 1.29 bits per heavy atom. The summed E-state index contributed by atoms with van der Waals surface area (Å²) in [5.41, 5.74) is 7.84. The van der Waals surface area contributed by atoms with Gasteiger partial charge in [0.2, 0.25) is 0 Å². The van der Waals surface area contributed by atoms with Crippen LogP contribution >= 0.6 is 35.2 Å². The third kappa shape index (κ3) is 4.66. The lowest BCUT2D eigenvalue weighted by Crippen LogP contribution is -2.34. The first-order chi connectivity index (χ1) is 14.8. The Bertz CT molecular complexity index is 1180. The van der Waals surface area contributed by atoms with E-state index < -0.39 is 11.8 Å². The fourth-order valence-corrected chi connectivity index (χ4v) is 5.53. The molecule has 3 aromatic rings. The third-order valence-corrected chi connectivity index (χ3v) is 6.76. The van der Waals surface area contributed by atoms with Crippen molar-refractivity contribution < 1.29 is 14.0 Å². The molecule has 4 N–H and O–H groups in total. The standard InChI is InChI=1S/C22H20ClN3O3S2/c1-11-5-6-14-17(9-11)31-21(18(14)19(24)27)26-22(30)25-20(28)16-8-7-15(29-16)12-3-2-4-13(23)10-12/h2-4,7-8,10-11H,5-6,9H2,1H3,(H2,24,27)(H2,25,26,28,30)/t11-/m0/s1. The second-order valence-electron chi connectivity index (χ2n) is 7.50. The summed E-state index contributed by atoms with van der Waals surface area (Å²) in [5, 5.41) is 6.77. The predicted octanol–water partition coefficient (Wildman–Crippen LogP) is 5.01. The van der Waals surface area contributed by atoms with E-state index in [4.69, 9.17) is 34.0 Å². The van der Waals surface area contributed by atoms with Crippen molar-refractivity contribution in [3.63, 3.8) is 0 Å². The zero-order valence-electron chi connectivity index (χ0n) is 16.7. The Morgan fingerprint density at radius 3 is 2.84 bits per heavy atom. The van der Waals surface area contributed by atoms with Gasteiger partial charge in [0.1, 0.15) is 10.8 Å². The summed E-state index contributed by atoms with van der Waals surface area (Å²) >= 11 is 12.8. The van der Waals surface area contributed by atoms with Gasteiger partial charge in [-0.1, -0.05) is 30.7 Å². The molecule has 1 aliphatic rings. The lowest BCUT2D eigenvalue weighted by atomic mass is 9.88. The number of hydrogen-bond donors (Lipinski definition) is 3. The highest BCUT2D eigenvalue weighted by molar-refractivity contribution is 7.80. The summed E-state index contributed by atoms with van der Waals surface area (Å²) in [5.74, 6) is 0.178. The monoisotopic (exact) mass is 473 g/mol. The predicted molar refractivity (Wildman–Crippen MR) is 127 cm³/mol. The number of primary amides is 1. The van der Waals surface area contributed by atoms with Gasteiger partial charge in [0, 0.05) is 15.5 Å². The number of carbonyl (C=O) groups excluding carboxylic acids is 2. The molecule has 0 saturated heterocycles. The van der Waals surface area contributed by atoms with Crippen LogP contribution in [0.4, 0.5) is 5.00 Å². The molecule has 1 aromatic carbocycles. The first kappa shape index (κ1) is 21.5. The normalized spacial score (nSPS) is 15.2. The molecule has 1 aliphatic carbocycles. The highest BCUT2D eigenvalue weighted by atomic mass is 35.5. The summed E-state index contributed by atoms with van der Waals surface area (Å²) in [6.45, 7) is 2.19. The smallest absolute Gasteiger partial charge is 0.293 e. The molecule has 0 radical (unpaired) electrons. The number of furan rings is 1. The number of amides is 2. The first-order valence-corrected chi connectivity index (χ1v) is 11.3.